The summed E-state index contributed by atoms with van der Waals surface area (Å²) in [5, 5.41) is 17.0. The lowest BCUT2D eigenvalue weighted by Crippen LogP contribution is -2.17. The molecular weight excluding hydrogens is 262 g/mol. The van der Waals surface area contributed by atoms with E-state index in [1.165, 1.54) is 23.2 Å². The van der Waals surface area contributed by atoms with Crippen LogP contribution in [0.25, 0.3) is 0 Å². The molecule has 1 aliphatic carbocycles. The van der Waals surface area contributed by atoms with Gasteiger partial charge in [-0.3, -0.25) is 4.68 Å². The van der Waals surface area contributed by atoms with Crippen LogP contribution in [0.2, 0.25) is 0 Å². The zero-order valence-corrected chi connectivity index (χ0v) is 12.5. The summed E-state index contributed by atoms with van der Waals surface area (Å²) >= 11 is 0. The van der Waals surface area contributed by atoms with E-state index in [1.807, 2.05) is 17.9 Å². The number of nitrogens with zero attached hydrogens (tertiary/aromatic N) is 2. The molecule has 0 saturated heterocycles. The fourth-order valence-electron chi connectivity index (χ4n) is 3.16. The highest BCUT2D eigenvalue weighted by atomic mass is 16.2. The molecule has 0 saturated carbocycles. The molecular formula is C17H23N3O. The summed E-state index contributed by atoms with van der Waals surface area (Å²) in [5.74, 6) is 0. The predicted molar refractivity (Wildman–Crippen MR) is 84.4 cm³/mol. The van der Waals surface area contributed by atoms with Crippen molar-refractivity contribution in [2.45, 2.75) is 38.1 Å². The Hall–Kier alpha value is -1.81. The van der Waals surface area contributed by atoms with Gasteiger partial charge in [0.1, 0.15) is 0 Å². The van der Waals surface area contributed by atoms with Crippen LogP contribution in [-0.2, 0) is 19.9 Å². The average Bonchev–Trinajstić information content (AvgIpc) is 2.88. The van der Waals surface area contributed by atoms with Crippen molar-refractivity contribution in [1.29, 1.82) is 0 Å². The van der Waals surface area contributed by atoms with Gasteiger partial charge in [0.25, 0.3) is 0 Å². The van der Waals surface area contributed by atoms with E-state index in [2.05, 4.69) is 34.7 Å². The highest BCUT2D eigenvalue weighted by Crippen LogP contribution is 2.32. The third-order valence-electron chi connectivity index (χ3n) is 4.27. The summed E-state index contributed by atoms with van der Waals surface area (Å²) in [4.78, 5) is 0. The van der Waals surface area contributed by atoms with E-state index in [-0.39, 0.29) is 6.61 Å². The summed E-state index contributed by atoms with van der Waals surface area (Å²) in [7, 11) is 2.02. The monoisotopic (exact) mass is 285 g/mol. The van der Waals surface area contributed by atoms with E-state index in [4.69, 9.17) is 5.11 Å². The molecule has 0 radical (unpaired) electrons. The maximum atomic E-state index is 8.94. The molecule has 2 aromatic rings. The number of anilines is 1. The minimum Gasteiger partial charge on any atom is -0.396 e. The normalized spacial score (nSPS) is 17.5. The molecule has 0 fully saturated rings. The summed E-state index contributed by atoms with van der Waals surface area (Å²) in [5.41, 5.74) is 5.13. The lowest BCUT2D eigenvalue weighted by atomic mass is 9.92. The predicted octanol–water partition coefficient (Wildman–Crippen LogP) is 2.83. The van der Waals surface area contributed by atoms with Crippen LogP contribution in [0.15, 0.2) is 30.5 Å². The van der Waals surface area contributed by atoms with Crippen LogP contribution in [0.1, 0.15) is 42.1 Å². The average molecular weight is 285 g/mol. The minimum absolute atomic E-state index is 0.249. The number of fused-ring (bicyclic) bond motifs is 1. The number of hydrogen-bond donors (Lipinski definition) is 2. The molecule has 0 bridgehead atoms. The highest BCUT2D eigenvalue weighted by molar-refractivity contribution is 5.48. The Bertz CT molecular complexity index is 606. The molecule has 0 amide bonds. The van der Waals surface area contributed by atoms with Crippen LogP contribution in [0.5, 0.6) is 0 Å². The summed E-state index contributed by atoms with van der Waals surface area (Å²) in [6.07, 6.45) is 7.23. The second kappa shape index (κ2) is 6.31. The molecule has 0 spiro atoms. The first kappa shape index (κ1) is 14.1. The fraction of sp³-hybridized carbons (Fsp3) is 0.471. The number of rotatable bonds is 5. The van der Waals surface area contributed by atoms with Gasteiger partial charge in [-0.25, -0.2) is 0 Å². The minimum atomic E-state index is 0.249. The van der Waals surface area contributed by atoms with Crippen LogP contribution in [-0.4, -0.2) is 21.5 Å². The number of benzene rings is 1. The quantitative estimate of drug-likeness (QED) is 0.888. The van der Waals surface area contributed by atoms with Crippen LogP contribution in [0, 0.1) is 0 Å². The second-order valence-electron chi connectivity index (χ2n) is 5.79. The summed E-state index contributed by atoms with van der Waals surface area (Å²) in [6.45, 7) is 0.249. The SMILES string of the molecule is Cn1ncc2c1CCCC2Nc1cccc(CCCO)c1. The lowest BCUT2D eigenvalue weighted by molar-refractivity contribution is 0.288. The van der Waals surface area contributed by atoms with Gasteiger partial charge in [-0.1, -0.05) is 12.1 Å². The van der Waals surface area contributed by atoms with E-state index < -0.39 is 0 Å². The first-order chi connectivity index (χ1) is 10.3. The van der Waals surface area contributed by atoms with Gasteiger partial charge in [-0.15, -0.1) is 0 Å². The molecule has 2 N–H and O–H groups in total. The smallest absolute Gasteiger partial charge is 0.0547 e. The van der Waals surface area contributed by atoms with Crippen LogP contribution in [0.3, 0.4) is 0 Å². The zero-order chi connectivity index (χ0) is 14.7. The number of aliphatic hydroxyl groups excluding tert-OH is 1. The highest BCUT2D eigenvalue weighted by Gasteiger charge is 2.23. The number of hydrogen-bond acceptors (Lipinski definition) is 3. The van der Waals surface area contributed by atoms with E-state index in [0.29, 0.717) is 6.04 Å². The Balaban J connectivity index is 1.75. The van der Waals surface area contributed by atoms with E-state index in [9.17, 15) is 0 Å². The number of aryl methyl sites for hydroxylation is 2. The molecule has 0 aliphatic heterocycles. The van der Waals surface area contributed by atoms with Crippen molar-refractivity contribution in [2.24, 2.45) is 7.05 Å². The maximum Gasteiger partial charge on any atom is 0.0547 e. The number of aromatic nitrogens is 2. The van der Waals surface area contributed by atoms with E-state index in [1.54, 1.807) is 0 Å². The Kier molecular flexibility index (Phi) is 4.25. The van der Waals surface area contributed by atoms with Gasteiger partial charge < -0.3 is 10.4 Å². The number of nitrogens with one attached hydrogen (secondary N) is 1. The third kappa shape index (κ3) is 3.10. The van der Waals surface area contributed by atoms with Gasteiger partial charge in [-0.2, -0.15) is 5.10 Å². The van der Waals surface area contributed by atoms with Crippen LogP contribution >= 0.6 is 0 Å². The van der Waals surface area contributed by atoms with Gasteiger partial charge in [0.2, 0.25) is 0 Å². The third-order valence-corrected chi connectivity index (χ3v) is 4.27. The molecule has 21 heavy (non-hydrogen) atoms. The molecule has 1 aromatic heterocycles. The topological polar surface area (TPSA) is 50.1 Å². The van der Waals surface area contributed by atoms with Crippen molar-refractivity contribution in [1.82, 2.24) is 9.78 Å². The molecule has 1 aromatic carbocycles. The van der Waals surface area contributed by atoms with Crippen LogP contribution < -0.4 is 5.32 Å². The molecule has 1 atom stereocenters. The van der Waals surface area contributed by atoms with Crippen molar-refractivity contribution >= 4 is 5.69 Å². The molecule has 1 heterocycles. The van der Waals surface area contributed by atoms with Crippen molar-refractivity contribution in [2.75, 3.05) is 11.9 Å². The second-order valence-corrected chi connectivity index (χ2v) is 5.79. The fourth-order valence-corrected chi connectivity index (χ4v) is 3.16. The molecule has 4 nitrogen and oxygen atoms in total. The first-order valence-corrected chi connectivity index (χ1v) is 7.75. The van der Waals surface area contributed by atoms with Crippen LogP contribution in [0.4, 0.5) is 5.69 Å². The lowest BCUT2D eigenvalue weighted by Gasteiger charge is -2.25. The molecule has 4 heteroatoms. The Labute approximate surface area is 125 Å². The summed E-state index contributed by atoms with van der Waals surface area (Å²) < 4.78 is 2.00. The molecule has 112 valence electrons. The molecule has 3 rings (SSSR count). The Morgan fingerprint density at radius 1 is 1.43 bits per heavy atom. The largest absolute Gasteiger partial charge is 0.396 e. The standard InChI is InChI=1S/C17H23N3O/c1-20-17-9-3-8-16(15(17)12-18-20)19-14-7-2-5-13(11-14)6-4-10-21/h2,5,7,11-12,16,19,21H,3-4,6,8-10H2,1H3. The zero-order valence-electron chi connectivity index (χ0n) is 12.5. The first-order valence-electron chi connectivity index (χ1n) is 7.75. The van der Waals surface area contributed by atoms with Gasteiger partial charge >= 0.3 is 0 Å². The maximum absolute atomic E-state index is 8.94. The van der Waals surface area contributed by atoms with E-state index >= 15 is 0 Å². The molecule has 1 aliphatic rings. The number of aliphatic hydroxyl groups is 1. The van der Waals surface area contributed by atoms with Crippen molar-refractivity contribution in [3.8, 4) is 0 Å². The Morgan fingerprint density at radius 3 is 3.19 bits per heavy atom. The molecule has 1 unspecified atom stereocenters. The van der Waals surface area contributed by atoms with Crippen molar-refractivity contribution in [3.63, 3.8) is 0 Å². The van der Waals surface area contributed by atoms with Crippen molar-refractivity contribution < 1.29 is 5.11 Å². The summed E-state index contributed by atoms with van der Waals surface area (Å²) in [6, 6.07) is 8.88. The van der Waals surface area contributed by atoms with Gasteiger partial charge in [-0.05, 0) is 49.8 Å². The van der Waals surface area contributed by atoms with Crippen molar-refractivity contribution in [3.05, 3.63) is 47.3 Å². The Morgan fingerprint density at radius 2 is 2.33 bits per heavy atom. The van der Waals surface area contributed by atoms with E-state index in [0.717, 1.165) is 31.4 Å². The van der Waals surface area contributed by atoms with Gasteiger partial charge in [0.05, 0.1) is 12.2 Å². The van der Waals surface area contributed by atoms with Gasteiger partial charge in [0, 0.05) is 30.6 Å². The van der Waals surface area contributed by atoms with Gasteiger partial charge in [0.15, 0.2) is 0 Å².